The zero-order valence-electron chi connectivity index (χ0n) is 18.2. The van der Waals surface area contributed by atoms with Crippen LogP contribution in [0, 0.1) is 12.3 Å². The van der Waals surface area contributed by atoms with E-state index in [-0.39, 0.29) is 0 Å². The summed E-state index contributed by atoms with van der Waals surface area (Å²) in [5, 5.41) is 0. The van der Waals surface area contributed by atoms with Gasteiger partial charge < -0.3 is 4.90 Å². The highest BCUT2D eigenvalue weighted by molar-refractivity contribution is 9.10. The lowest BCUT2D eigenvalue weighted by molar-refractivity contribution is 1.24. The number of benzene rings is 4. The molecule has 0 spiro atoms. The Morgan fingerprint density at radius 1 is 0.667 bits per heavy atom. The smallest absolute Gasteiger partial charge is 0.0462 e. The predicted octanol–water partition coefficient (Wildman–Crippen LogP) is 8.87. The number of halogens is 1. The number of hydrogen-bond donors (Lipinski definition) is 0. The molecule has 0 aromatic heterocycles. The van der Waals surface area contributed by atoms with Gasteiger partial charge in [-0.1, -0.05) is 94.7 Å². The largest absolute Gasteiger partial charge is 0.311 e. The second-order valence-electron chi connectivity index (χ2n) is 7.55. The Labute approximate surface area is 204 Å². The summed E-state index contributed by atoms with van der Waals surface area (Å²) in [6, 6.07) is 36.3. The van der Waals surface area contributed by atoms with Crippen molar-refractivity contribution in [3.63, 3.8) is 0 Å². The SMILES string of the molecule is C#C/C=C\C=C/Cc1ccc(N(c2ccc(Br)cc2)c2ccc(-c3ccccc3)cc2)cc1. The highest BCUT2D eigenvalue weighted by atomic mass is 79.9. The van der Waals surface area contributed by atoms with E-state index in [1.54, 1.807) is 6.08 Å². The number of nitrogens with zero attached hydrogens (tertiary/aromatic N) is 1. The molecule has 4 aromatic rings. The summed E-state index contributed by atoms with van der Waals surface area (Å²) in [6.07, 6.45) is 13.8. The normalized spacial score (nSPS) is 11.0. The van der Waals surface area contributed by atoms with Gasteiger partial charge in [-0.05, 0) is 77.7 Å². The van der Waals surface area contributed by atoms with Gasteiger partial charge in [-0.15, -0.1) is 6.42 Å². The van der Waals surface area contributed by atoms with Crippen LogP contribution in [0.1, 0.15) is 5.56 Å². The van der Waals surface area contributed by atoms with Crippen molar-refractivity contribution < 1.29 is 0 Å². The minimum atomic E-state index is 0.860. The Morgan fingerprint density at radius 2 is 1.21 bits per heavy atom. The van der Waals surface area contributed by atoms with E-state index in [2.05, 4.69) is 130 Å². The van der Waals surface area contributed by atoms with Crippen LogP contribution in [0.2, 0.25) is 0 Å². The number of rotatable bonds is 7. The van der Waals surface area contributed by atoms with Crippen LogP contribution >= 0.6 is 15.9 Å². The van der Waals surface area contributed by atoms with Crippen molar-refractivity contribution >= 4 is 33.0 Å². The molecule has 0 N–H and O–H groups in total. The van der Waals surface area contributed by atoms with E-state index >= 15 is 0 Å². The molecule has 1 nitrogen and oxygen atoms in total. The Kier molecular flexibility index (Phi) is 7.59. The molecule has 160 valence electrons. The standard InChI is InChI=1S/C31H24BrN/c1-2-3-4-5-7-10-25-13-19-29(20-14-25)33(31-23-17-28(32)18-24-31)30-21-15-27(16-22-30)26-11-8-6-9-12-26/h1,3-9,11-24H,10H2/b4-3-,7-5-. The van der Waals surface area contributed by atoms with Gasteiger partial charge in [-0.3, -0.25) is 0 Å². The molecule has 2 heteroatoms. The first-order valence-electron chi connectivity index (χ1n) is 10.8. The minimum Gasteiger partial charge on any atom is -0.311 e. The maximum atomic E-state index is 5.23. The van der Waals surface area contributed by atoms with E-state index in [4.69, 9.17) is 6.42 Å². The molecule has 0 aliphatic heterocycles. The van der Waals surface area contributed by atoms with E-state index in [9.17, 15) is 0 Å². The third kappa shape index (κ3) is 5.92. The summed E-state index contributed by atoms with van der Waals surface area (Å²) in [7, 11) is 0. The fourth-order valence-corrected chi connectivity index (χ4v) is 3.91. The van der Waals surface area contributed by atoms with Crippen molar-refractivity contribution in [2.45, 2.75) is 6.42 Å². The summed E-state index contributed by atoms with van der Waals surface area (Å²) < 4.78 is 1.06. The highest BCUT2D eigenvalue weighted by Gasteiger charge is 2.12. The molecule has 0 atom stereocenters. The average molecular weight is 490 g/mol. The lowest BCUT2D eigenvalue weighted by atomic mass is 10.0. The molecule has 4 aromatic carbocycles. The number of terminal acetylenes is 1. The minimum absolute atomic E-state index is 0.860. The molecule has 0 bridgehead atoms. The quantitative estimate of drug-likeness (QED) is 0.185. The van der Waals surface area contributed by atoms with Crippen molar-refractivity contribution in [3.05, 3.63) is 137 Å². The number of hydrogen-bond acceptors (Lipinski definition) is 1. The van der Waals surface area contributed by atoms with E-state index < -0.39 is 0 Å². The maximum absolute atomic E-state index is 5.23. The van der Waals surface area contributed by atoms with Crippen LogP contribution < -0.4 is 4.90 Å². The summed E-state index contributed by atoms with van der Waals surface area (Å²) in [5.41, 5.74) is 7.01. The first-order chi connectivity index (χ1) is 16.2. The third-order valence-electron chi connectivity index (χ3n) is 5.31. The van der Waals surface area contributed by atoms with Crippen LogP contribution in [-0.4, -0.2) is 0 Å². The van der Waals surface area contributed by atoms with Gasteiger partial charge in [0, 0.05) is 21.5 Å². The number of allylic oxidation sites excluding steroid dienone is 4. The van der Waals surface area contributed by atoms with Gasteiger partial charge in [-0.2, -0.15) is 0 Å². The van der Waals surface area contributed by atoms with Gasteiger partial charge in [0.1, 0.15) is 0 Å². The van der Waals surface area contributed by atoms with Crippen LogP contribution in [-0.2, 0) is 6.42 Å². The van der Waals surface area contributed by atoms with Gasteiger partial charge in [0.05, 0.1) is 0 Å². The fraction of sp³-hybridized carbons (Fsp3) is 0.0323. The molecule has 0 saturated heterocycles. The molecule has 0 heterocycles. The molecule has 0 saturated carbocycles. The fourth-order valence-electron chi connectivity index (χ4n) is 3.65. The molecule has 0 aliphatic rings. The molecule has 0 amide bonds. The highest BCUT2D eigenvalue weighted by Crippen LogP contribution is 2.36. The Morgan fingerprint density at radius 3 is 1.82 bits per heavy atom. The maximum Gasteiger partial charge on any atom is 0.0462 e. The molecule has 0 radical (unpaired) electrons. The first kappa shape index (κ1) is 22.4. The topological polar surface area (TPSA) is 3.24 Å². The molecule has 4 rings (SSSR count). The first-order valence-corrected chi connectivity index (χ1v) is 11.6. The third-order valence-corrected chi connectivity index (χ3v) is 5.83. The predicted molar refractivity (Wildman–Crippen MR) is 145 cm³/mol. The Hall–Kier alpha value is -3.80. The summed E-state index contributed by atoms with van der Waals surface area (Å²) >= 11 is 3.55. The molecule has 33 heavy (non-hydrogen) atoms. The Balaban J connectivity index is 1.63. The van der Waals surface area contributed by atoms with Gasteiger partial charge in [0.2, 0.25) is 0 Å². The van der Waals surface area contributed by atoms with Crippen LogP contribution in [0.4, 0.5) is 17.1 Å². The van der Waals surface area contributed by atoms with Crippen LogP contribution in [0.25, 0.3) is 11.1 Å². The van der Waals surface area contributed by atoms with E-state index in [0.717, 1.165) is 28.0 Å². The van der Waals surface area contributed by atoms with Crippen molar-refractivity contribution in [1.82, 2.24) is 0 Å². The molecular weight excluding hydrogens is 466 g/mol. The molecular formula is C31H24BrN. The van der Waals surface area contributed by atoms with Crippen LogP contribution in [0.15, 0.2) is 132 Å². The summed E-state index contributed by atoms with van der Waals surface area (Å²) in [5.74, 6) is 2.49. The van der Waals surface area contributed by atoms with Crippen molar-refractivity contribution in [2.75, 3.05) is 4.90 Å². The van der Waals surface area contributed by atoms with E-state index in [1.807, 2.05) is 18.2 Å². The number of anilines is 3. The van der Waals surface area contributed by atoms with Crippen LogP contribution in [0.5, 0.6) is 0 Å². The monoisotopic (exact) mass is 489 g/mol. The van der Waals surface area contributed by atoms with Gasteiger partial charge in [-0.25, -0.2) is 0 Å². The van der Waals surface area contributed by atoms with Crippen molar-refractivity contribution in [3.8, 4) is 23.5 Å². The zero-order chi connectivity index (χ0) is 22.9. The van der Waals surface area contributed by atoms with Gasteiger partial charge in [0.15, 0.2) is 0 Å². The molecule has 0 unspecified atom stereocenters. The second kappa shape index (κ2) is 11.2. The molecule has 0 aliphatic carbocycles. The lowest BCUT2D eigenvalue weighted by Crippen LogP contribution is -2.09. The average Bonchev–Trinajstić information content (AvgIpc) is 2.87. The van der Waals surface area contributed by atoms with Crippen LogP contribution in [0.3, 0.4) is 0 Å². The lowest BCUT2D eigenvalue weighted by Gasteiger charge is -2.26. The second-order valence-corrected chi connectivity index (χ2v) is 8.46. The summed E-state index contributed by atoms with van der Waals surface area (Å²) in [6.45, 7) is 0. The van der Waals surface area contributed by atoms with Crippen molar-refractivity contribution in [1.29, 1.82) is 0 Å². The molecule has 0 fully saturated rings. The van der Waals surface area contributed by atoms with Crippen molar-refractivity contribution in [2.24, 2.45) is 0 Å². The van der Waals surface area contributed by atoms with E-state index in [1.165, 1.54) is 16.7 Å². The Bertz CT molecular complexity index is 1260. The zero-order valence-corrected chi connectivity index (χ0v) is 19.8. The van der Waals surface area contributed by atoms with E-state index in [0.29, 0.717) is 0 Å². The van der Waals surface area contributed by atoms with Gasteiger partial charge >= 0.3 is 0 Å². The van der Waals surface area contributed by atoms with Gasteiger partial charge in [0.25, 0.3) is 0 Å². The summed E-state index contributed by atoms with van der Waals surface area (Å²) in [4.78, 5) is 2.27.